The lowest BCUT2D eigenvalue weighted by Crippen LogP contribution is -2.32. The summed E-state index contributed by atoms with van der Waals surface area (Å²) in [5.74, 6) is -0.218. The molecular weight excluding hydrogens is 357 g/mol. The Hall–Kier alpha value is 0.730. The molecule has 0 saturated heterocycles. The summed E-state index contributed by atoms with van der Waals surface area (Å²) < 4.78 is 46.2. The van der Waals surface area contributed by atoms with Crippen LogP contribution in [0.3, 0.4) is 0 Å². The molecule has 0 saturated carbocycles. The molecule has 0 aliphatic carbocycles. The Labute approximate surface area is 131 Å². The second kappa shape index (κ2) is 10.5. The molecule has 0 aromatic heterocycles. The number of hydrogen-bond acceptors (Lipinski definition) is 5. The van der Waals surface area contributed by atoms with Crippen LogP contribution in [0.2, 0.25) is 0 Å². The minimum absolute atomic E-state index is 0. The molecule has 0 heterocycles. The van der Waals surface area contributed by atoms with Crippen LogP contribution in [0.1, 0.15) is 12.8 Å². The molecule has 0 aliphatic heterocycles. The van der Waals surface area contributed by atoms with Gasteiger partial charge in [0, 0.05) is 18.3 Å². The Morgan fingerprint density at radius 1 is 0.947 bits per heavy atom. The zero-order valence-corrected chi connectivity index (χ0v) is 14.4. The Morgan fingerprint density at radius 2 is 1.47 bits per heavy atom. The molecule has 0 aromatic rings. The van der Waals surface area contributed by atoms with E-state index in [0.29, 0.717) is 0 Å². The summed E-state index contributed by atoms with van der Waals surface area (Å²) in [6.45, 7) is -0.0191. The Balaban J connectivity index is 0. The van der Waals surface area contributed by atoms with Crippen LogP contribution in [0.5, 0.6) is 0 Å². The van der Waals surface area contributed by atoms with E-state index in [2.05, 4.69) is 0 Å². The predicted molar refractivity (Wildman–Crippen MR) is 83.2 cm³/mol. The van der Waals surface area contributed by atoms with Crippen LogP contribution in [0, 0.1) is 0 Å². The van der Waals surface area contributed by atoms with Crippen molar-refractivity contribution in [2.24, 2.45) is 5.73 Å². The van der Waals surface area contributed by atoms with Crippen molar-refractivity contribution in [2.75, 3.05) is 35.6 Å². The highest BCUT2D eigenvalue weighted by Crippen LogP contribution is 2.11. The van der Waals surface area contributed by atoms with Gasteiger partial charge in [0.2, 0.25) is 0 Å². The first-order valence-corrected chi connectivity index (χ1v) is 10.1. The third kappa shape index (κ3) is 9.31. The summed E-state index contributed by atoms with van der Waals surface area (Å²) in [5, 5.41) is -0.720. The molecule has 0 spiro atoms. The topological polar surface area (TPSA) is 94.3 Å². The van der Waals surface area contributed by atoms with Crippen molar-refractivity contribution in [1.29, 1.82) is 0 Å². The summed E-state index contributed by atoms with van der Waals surface area (Å²) in [6, 6.07) is 0. The minimum atomic E-state index is -3.33. The fraction of sp³-hybridized carbons (Fsp3) is 1.00. The summed E-state index contributed by atoms with van der Waals surface area (Å²) in [7, 11) is -6.52. The van der Waals surface area contributed by atoms with Crippen LogP contribution in [0.4, 0.5) is 0 Å². The largest absolute Gasteiger partial charge is 0.329 e. The van der Waals surface area contributed by atoms with Gasteiger partial charge >= 0.3 is 0 Å². The molecule has 0 amide bonds. The van der Waals surface area contributed by atoms with E-state index in [4.69, 9.17) is 28.9 Å². The number of nitrogens with two attached hydrogens (primary N) is 1. The maximum Gasteiger partial charge on any atom is 0.155 e. The lowest BCUT2D eigenvalue weighted by atomic mass is 10.2. The molecule has 0 fully saturated rings. The quantitative estimate of drug-likeness (QED) is 0.570. The van der Waals surface area contributed by atoms with Gasteiger partial charge in [0.1, 0.15) is 0 Å². The molecule has 1 unspecified atom stereocenters. The lowest BCUT2D eigenvalue weighted by molar-refractivity contribution is 0.566. The van der Waals surface area contributed by atoms with E-state index >= 15 is 0 Å². The first-order chi connectivity index (χ1) is 8.29. The molecule has 1 atom stereocenters. The van der Waals surface area contributed by atoms with Crippen molar-refractivity contribution >= 4 is 55.3 Å². The van der Waals surface area contributed by atoms with E-state index in [-0.39, 0.29) is 60.8 Å². The molecule has 0 rings (SSSR count). The molecule has 19 heavy (non-hydrogen) atoms. The van der Waals surface area contributed by atoms with Gasteiger partial charge in [-0.1, -0.05) is 0 Å². The summed E-state index contributed by atoms with van der Waals surface area (Å²) >= 11 is 10.8. The van der Waals surface area contributed by atoms with E-state index in [9.17, 15) is 16.8 Å². The van der Waals surface area contributed by atoms with Gasteiger partial charge in [-0.3, -0.25) is 0 Å². The predicted octanol–water partition coefficient (Wildman–Crippen LogP) is 0.823. The monoisotopic (exact) mass is 375 g/mol. The molecule has 0 bridgehead atoms. The third-order valence-corrected chi connectivity index (χ3v) is 7.28. The van der Waals surface area contributed by atoms with Gasteiger partial charge in [-0.15, -0.1) is 35.6 Å². The summed E-state index contributed by atoms with van der Waals surface area (Å²) in [4.78, 5) is 0. The van der Waals surface area contributed by atoms with E-state index in [1.807, 2.05) is 0 Å². The number of sulfone groups is 2. The van der Waals surface area contributed by atoms with Crippen LogP contribution in [-0.4, -0.2) is 57.6 Å². The normalized spacial score (nSPS) is 13.8. The van der Waals surface area contributed by atoms with Gasteiger partial charge in [-0.25, -0.2) is 16.8 Å². The van der Waals surface area contributed by atoms with Gasteiger partial charge < -0.3 is 5.73 Å². The van der Waals surface area contributed by atoms with Crippen molar-refractivity contribution in [3.05, 3.63) is 0 Å². The number of rotatable bonds is 10. The van der Waals surface area contributed by atoms with Crippen molar-refractivity contribution in [1.82, 2.24) is 0 Å². The van der Waals surface area contributed by atoms with Crippen molar-refractivity contribution in [3.8, 4) is 0 Å². The SMILES string of the molecule is Cl.NCC(CCCS(=O)(=O)CCCl)S(=O)(=O)CCCl. The van der Waals surface area contributed by atoms with Gasteiger partial charge in [0.15, 0.2) is 19.7 Å². The minimum Gasteiger partial charge on any atom is -0.329 e. The molecule has 5 nitrogen and oxygen atoms in total. The van der Waals surface area contributed by atoms with Gasteiger partial charge in [-0.2, -0.15) is 0 Å². The smallest absolute Gasteiger partial charge is 0.155 e. The molecule has 0 radical (unpaired) electrons. The fourth-order valence-corrected chi connectivity index (χ4v) is 5.23. The Bertz CT molecular complexity index is 425. The van der Waals surface area contributed by atoms with E-state index in [1.54, 1.807) is 0 Å². The molecule has 0 aromatic carbocycles. The van der Waals surface area contributed by atoms with Crippen molar-refractivity contribution < 1.29 is 16.8 Å². The van der Waals surface area contributed by atoms with Crippen LogP contribution in [0.25, 0.3) is 0 Å². The van der Waals surface area contributed by atoms with Gasteiger partial charge in [-0.05, 0) is 12.8 Å². The highest BCUT2D eigenvalue weighted by molar-refractivity contribution is 7.92. The zero-order valence-electron chi connectivity index (χ0n) is 10.4. The van der Waals surface area contributed by atoms with E-state index < -0.39 is 24.9 Å². The first kappa shape index (κ1) is 22.0. The Morgan fingerprint density at radius 3 is 1.89 bits per heavy atom. The fourth-order valence-electron chi connectivity index (χ4n) is 1.47. The number of alkyl halides is 2. The van der Waals surface area contributed by atoms with Crippen molar-refractivity contribution in [3.63, 3.8) is 0 Å². The van der Waals surface area contributed by atoms with Crippen LogP contribution in [-0.2, 0) is 19.7 Å². The van der Waals surface area contributed by atoms with E-state index in [0.717, 1.165) is 0 Å². The summed E-state index contributed by atoms with van der Waals surface area (Å²) in [5.41, 5.74) is 5.40. The highest BCUT2D eigenvalue weighted by atomic mass is 35.5. The second-order valence-corrected chi connectivity index (χ2v) is 9.36. The Kier molecular flexibility index (Phi) is 12.1. The maximum absolute atomic E-state index is 11.7. The zero-order chi connectivity index (χ0) is 14.2. The number of halogens is 3. The maximum atomic E-state index is 11.7. The number of hydrogen-bond donors (Lipinski definition) is 1. The van der Waals surface area contributed by atoms with Crippen LogP contribution in [0.15, 0.2) is 0 Å². The molecule has 0 aliphatic rings. The highest BCUT2D eigenvalue weighted by Gasteiger charge is 2.23. The van der Waals surface area contributed by atoms with Crippen molar-refractivity contribution in [2.45, 2.75) is 18.1 Å². The average molecular weight is 377 g/mol. The van der Waals surface area contributed by atoms with Crippen LogP contribution >= 0.6 is 35.6 Å². The molecule has 10 heteroatoms. The van der Waals surface area contributed by atoms with E-state index in [1.165, 1.54) is 0 Å². The van der Waals surface area contributed by atoms with Crippen LogP contribution < -0.4 is 5.73 Å². The average Bonchev–Trinajstić information content (AvgIpc) is 2.23. The molecule has 2 N–H and O–H groups in total. The standard InChI is InChI=1S/C9H19Cl2NO4S2.ClH/c10-3-6-17(13,14)5-1-2-9(8-12)18(15,16)7-4-11;/h9H,1-8,12H2;1H. The second-order valence-electron chi connectivity index (χ2n) is 3.90. The third-order valence-electron chi connectivity index (χ3n) is 2.50. The lowest BCUT2D eigenvalue weighted by Gasteiger charge is -2.14. The first-order valence-electron chi connectivity index (χ1n) is 5.53. The summed E-state index contributed by atoms with van der Waals surface area (Å²) in [6.07, 6.45) is 0.500. The molecule has 118 valence electrons. The van der Waals surface area contributed by atoms with Gasteiger partial charge in [0.25, 0.3) is 0 Å². The molecular formula is C9H20Cl3NO4S2. The van der Waals surface area contributed by atoms with Gasteiger partial charge in [0.05, 0.1) is 22.5 Å².